The molecule has 0 amide bonds. The Morgan fingerprint density at radius 1 is 1.37 bits per heavy atom. The van der Waals surface area contributed by atoms with Gasteiger partial charge in [-0.25, -0.2) is 0 Å². The van der Waals surface area contributed by atoms with Crippen LogP contribution < -0.4 is 10.5 Å². The first kappa shape index (κ1) is 14.7. The second kappa shape index (κ2) is 6.64. The molecule has 1 fully saturated rings. The summed E-state index contributed by atoms with van der Waals surface area (Å²) in [7, 11) is 2.16. The van der Waals surface area contributed by atoms with Crippen molar-refractivity contribution < 1.29 is 4.74 Å². The number of hydrogen-bond donors (Lipinski definition) is 1. The Labute approximate surface area is 120 Å². The molecule has 2 atom stereocenters. The molecule has 3 nitrogen and oxygen atoms in total. The molecule has 0 aromatic heterocycles. The van der Waals surface area contributed by atoms with Gasteiger partial charge in [0.2, 0.25) is 0 Å². The van der Waals surface area contributed by atoms with Crippen LogP contribution in [-0.2, 0) is 0 Å². The lowest BCUT2D eigenvalue weighted by Crippen LogP contribution is -2.46. The van der Waals surface area contributed by atoms with Crippen molar-refractivity contribution in [2.75, 3.05) is 25.1 Å². The highest BCUT2D eigenvalue weighted by Gasteiger charge is 2.28. The van der Waals surface area contributed by atoms with Gasteiger partial charge in [-0.05, 0) is 27.0 Å². The van der Waals surface area contributed by atoms with E-state index in [1.54, 1.807) is 0 Å². The van der Waals surface area contributed by atoms with Gasteiger partial charge in [-0.15, -0.1) is 0 Å². The number of hydrogen-bond acceptors (Lipinski definition) is 4. The molecule has 0 spiro atoms. The number of benzene rings is 1. The van der Waals surface area contributed by atoms with Crippen molar-refractivity contribution in [3.8, 4) is 5.75 Å². The van der Waals surface area contributed by atoms with E-state index in [4.69, 9.17) is 10.5 Å². The van der Waals surface area contributed by atoms with Crippen LogP contribution in [0.15, 0.2) is 24.3 Å². The Balaban J connectivity index is 2.20. The molecule has 1 aromatic carbocycles. The van der Waals surface area contributed by atoms with Gasteiger partial charge in [0, 0.05) is 35.7 Å². The predicted molar refractivity (Wildman–Crippen MR) is 82.9 cm³/mol. The van der Waals surface area contributed by atoms with Gasteiger partial charge >= 0.3 is 0 Å². The van der Waals surface area contributed by atoms with Gasteiger partial charge in [0.05, 0.1) is 6.10 Å². The van der Waals surface area contributed by atoms with E-state index < -0.39 is 0 Å². The molecule has 0 bridgehead atoms. The molecule has 2 unspecified atom stereocenters. The Hall–Kier alpha value is -0.710. The smallest absolute Gasteiger partial charge is 0.124 e. The zero-order valence-electron chi connectivity index (χ0n) is 12.0. The Kier molecular flexibility index (Phi) is 5.13. The third-order valence-electron chi connectivity index (χ3n) is 3.50. The molecule has 1 aromatic rings. The molecule has 0 radical (unpaired) electrons. The number of para-hydroxylation sites is 1. The maximum absolute atomic E-state index is 6.50. The van der Waals surface area contributed by atoms with E-state index in [2.05, 4.69) is 18.0 Å². The van der Waals surface area contributed by atoms with Gasteiger partial charge in [0.15, 0.2) is 0 Å². The first-order valence-corrected chi connectivity index (χ1v) is 8.04. The fourth-order valence-corrected chi connectivity index (χ4v) is 3.70. The molecule has 0 saturated carbocycles. The average Bonchev–Trinajstić information content (AvgIpc) is 2.38. The van der Waals surface area contributed by atoms with E-state index in [1.165, 1.54) is 5.75 Å². The number of thioether (sulfide) groups is 1. The lowest BCUT2D eigenvalue weighted by Gasteiger charge is -2.36. The topological polar surface area (TPSA) is 38.5 Å². The lowest BCUT2D eigenvalue weighted by atomic mass is 9.99. The Morgan fingerprint density at radius 2 is 2.11 bits per heavy atom. The van der Waals surface area contributed by atoms with E-state index >= 15 is 0 Å². The van der Waals surface area contributed by atoms with Gasteiger partial charge < -0.3 is 10.5 Å². The minimum absolute atomic E-state index is 0.00718. The Morgan fingerprint density at radius 3 is 2.79 bits per heavy atom. The maximum Gasteiger partial charge on any atom is 0.124 e. The molecule has 1 aliphatic rings. The van der Waals surface area contributed by atoms with Crippen molar-refractivity contribution in [1.82, 2.24) is 4.90 Å². The van der Waals surface area contributed by atoms with Crippen LogP contribution in [0.5, 0.6) is 5.75 Å². The molecular weight excluding hydrogens is 256 g/mol. The summed E-state index contributed by atoms with van der Waals surface area (Å²) in [6.07, 6.45) is 0.173. The molecule has 0 aliphatic carbocycles. The van der Waals surface area contributed by atoms with Gasteiger partial charge in [0.1, 0.15) is 5.75 Å². The van der Waals surface area contributed by atoms with Crippen LogP contribution in [0.25, 0.3) is 0 Å². The van der Waals surface area contributed by atoms with Gasteiger partial charge in [-0.1, -0.05) is 18.2 Å². The number of nitrogens with zero attached hydrogens (tertiary/aromatic N) is 1. The minimum atomic E-state index is 0.00718. The van der Waals surface area contributed by atoms with Crippen LogP contribution in [0.1, 0.15) is 25.5 Å². The normalized spacial score (nSPS) is 22.5. The summed E-state index contributed by atoms with van der Waals surface area (Å²) >= 11 is 1.99. The summed E-state index contributed by atoms with van der Waals surface area (Å²) in [5.41, 5.74) is 7.62. The van der Waals surface area contributed by atoms with Crippen molar-refractivity contribution in [2.24, 2.45) is 5.73 Å². The molecule has 4 heteroatoms. The van der Waals surface area contributed by atoms with Crippen molar-refractivity contribution in [2.45, 2.75) is 32.0 Å². The lowest BCUT2D eigenvalue weighted by molar-refractivity contribution is 0.219. The second-order valence-corrected chi connectivity index (χ2v) is 6.50. The van der Waals surface area contributed by atoms with Crippen LogP contribution in [0.3, 0.4) is 0 Å². The van der Waals surface area contributed by atoms with Crippen LogP contribution in [0.4, 0.5) is 0 Å². The van der Waals surface area contributed by atoms with E-state index in [0.29, 0.717) is 6.04 Å². The minimum Gasteiger partial charge on any atom is -0.491 e. The number of nitrogens with two attached hydrogens (primary N) is 1. The third-order valence-corrected chi connectivity index (χ3v) is 4.55. The van der Waals surface area contributed by atoms with Crippen molar-refractivity contribution in [3.05, 3.63) is 29.8 Å². The highest BCUT2D eigenvalue weighted by Crippen LogP contribution is 2.31. The monoisotopic (exact) mass is 280 g/mol. The van der Waals surface area contributed by atoms with Crippen molar-refractivity contribution in [3.63, 3.8) is 0 Å². The summed E-state index contributed by atoms with van der Waals surface area (Å²) in [6.45, 7) is 5.20. The average molecular weight is 280 g/mol. The van der Waals surface area contributed by atoms with E-state index in [1.807, 2.05) is 43.8 Å². The van der Waals surface area contributed by atoms with E-state index in [9.17, 15) is 0 Å². The zero-order chi connectivity index (χ0) is 13.8. The van der Waals surface area contributed by atoms with Gasteiger partial charge in [-0.3, -0.25) is 4.90 Å². The summed E-state index contributed by atoms with van der Waals surface area (Å²) in [4.78, 5) is 2.37. The van der Waals surface area contributed by atoms with E-state index in [0.717, 1.165) is 23.6 Å². The maximum atomic E-state index is 6.50. The van der Waals surface area contributed by atoms with Crippen molar-refractivity contribution in [1.29, 1.82) is 0 Å². The van der Waals surface area contributed by atoms with E-state index in [-0.39, 0.29) is 12.1 Å². The van der Waals surface area contributed by atoms with Gasteiger partial charge in [0.25, 0.3) is 0 Å². The van der Waals surface area contributed by atoms with Crippen molar-refractivity contribution >= 4 is 11.8 Å². The summed E-state index contributed by atoms with van der Waals surface area (Å²) < 4.78 is 5.89. The van der Waals surface area contributed by atoms with Crippen LogP contribution in [0, 0.1) is 0 Å². The molecule has 2 rings (SSSR count). The van der Waals surface area contributed by atoms with Crippen LogP contribution in [-0.4, -0.2) is 42.1 Å². The fraction of sp³-hybridized carbons (Fsp3) is 0.600. The highest BCUT2D eigenvalue weighted by molar-refractivity contribution is 7.99. The molecule has 1 aliphatic heterocycles. The van der Waals surface area contributed by atoms with Crippen LogP contribution in [0.2, 0.25) is 0 Å². The van der Waals surface area contributed by atoms with Crippen LogP contribution >= 0.6 is 11.8 Å². The number of ether oxygens (including phenoxy) is 1. The molecule has 1 saturated heterocycles. The molecule has 2 N–H and O–H groups in total. The predicted octanol–water partition coefficient (Wildman–Crippen LogP) is 2.52. The first-order valence-electron chi connectivity index (χ1n) is 6.88. The summed E-state index contributed by atoms with van der Waals surface area (Å²) in [5, 5.41) is 0. The summed E-state index contributed by atoms with van der Waals surface area (Å²) in [6, 6.07) is 8.55. The highest BCUT2D eigenvalue weighted by atomic mass is 32.2. The second-order valence-electron chi connectivity index (χ2n) is 5.35. The SMILES string of the molecule is CC(C)Oc1ccccc1C(N)C1CSCCN1C. The number of rotatable bonds is 4. The molecule has 19 heavy (non-hydrogen) atoms. The largest absolute Gasteiger partial charge is 0.491 e. The third kappa shape index (κ3) is 3.65. The Bertz CT molecular complexity index is 411. The molecule has 1 heterocycles. The summed E-state index contributed by atoms with van der Waals surface area (Å²) in [5.74, 6) is 3.21. The fourth-order valence-electron chi connectivity index (χ4n) is 2.41. The first-order chi connectivity index (χ1) is 9.09. The standard InChI is InChI=1S/C15H24N2OS/c1-11(2)18-14-7-5-4-6-12(14)15(16)13-10-19-9-8-17(13)3/h4-7,11,13,15H,8-10,16H2,1-3H3. The zero-order valence-corrected chi connectivity index (χ0v) is 12.8. The van der Waals surface area contributed by atoms with Gasteiger partial charge in [-0.2, -0.15) is 11.8 Å². The number of likely N-dealkylation sites (N-methyl/N-ethyl adjacent to an activating group) is 1. The molecule has 106 valence electrons. The molecular formula is C15H24N2OS. The quantitative estimate of drug-likeness (QED) is 0.920.